The zero-order chi connectivity index (χ0) is 13.1. The molecule has 1 nitrogen and oxygen atoms in total. The molecule has 0 aliphatic carbocycles. The minimum Gasteiger partial charge on any atom is -0.307 e. The smallest absolute Gasteiger partial charge is 0.307 e. The molecule has 5 heteroatoms. The summed E-state index contributed by atoms with van der Waals surface area (Å²) < 4.78 is 37.4. The lowest BCUT2D eigenvalue weighted by molar-refractivity contribution is -0.137. The van der Waals surface area contributed by atoms with Crippen LogP contribution in [0.15, 0.2) is 24.3 Å². The first-order valence-corrected chi connectivity index (χ1v) is 5.75. The summed E-state index contributed by atoms with van der Waals surface area (Å²) in [6, 6.07) is 5.29. The Hall–Kier alpha value is -0.740. The normalized spacial score (nSPS) is 12.8. The number of benzene rings is 1. The molecule has 0 amide bonds. The van der Waals surface area contributed by atoms with E-state index in [1.807, 2.05) is 13.8 Å². The molecule has 0 bridgehead atoms. The fraction of sp³-hybridized carbons (Fsp3) is 0.500. The molecule has 0 spiro atoms. The van der Waals surface area contributed by atoms with E-state index >= 15 is 0 Å². The van der Waals surface area contributed by atoms with Crippen LogP contribution in [-0.2, 0) is 12.7 Å². The summed E-state index contributed by atoms with van der Waals surface area (Å²) in [5.74, 6) is 0.395. The summed E-state index contributed by atoms with van der Waals surface area (Å²) in [4.78, 5) is 0. The van der Waals surface area contributed by atoms with Gasteiger partial charge in [-0.1, -0.05) is 18.2 Å². The Kier molecular flexibility index (Phi) is 4.44. The van der Waals surface area contributed by atoms with Gasteiger partial charge in [0.05, 0.1) is 5.56 Å². The lowest BCUT2D eigenvalue weighted by atomic mass is 10.1. The van der Waals surface area contributed by atoms with Crippen LogP contribution in [0.5, 0.6) is 0 Å². The van der Waals surface area contributed by atoms with Crippen LogP contribution in [0.1, 0.15) is 25.0 Å². The molecule has 0 aromatic heterocycles. The lowest BCUT2D eigenvalue weighted by Crippen LogP contribution is -2.40. The highest BCUT2D eigenvalue weighted by molar-refractivity contribution is 6.18. The zero-order valence-electron chi connectivity index (χ0n) is 9.74. The lowest BCUT2D eigenvalue weighted by Gasteiger charge is -2.23. The molecule has 96 valence electrons. The van der Waals surface area contributed by atoms with Crippen LogP contribution in [0.25, 0.3) is 0 Å². The van der Waals surface area contributed by atoms with Gasteiger partial charge in [0.1, 0.15) is 0 Å². The van der Waals surface area contributed by atoms with E-state index in [9.17, 15) is 13.2 Å². The standard InChI is InChI=1S/C12H15ClF3N/c1-11(2,8-13)17-7-9-4-3-5-10(6-9)12(14,15)16/h3-6,17H,7-8H2,1-2H3. The van der Waals surface area contributed by atoms with Gasteiger partial charge in [-0.15, -0.1) is 11.6 Å². The fourth-order valence-corrected chi connectivity index (χ4v) is 1.34. The molecule has 1 aromatic rings. The number of halogens is 4. The molecule has 0 fully saturated rings. The van der Waals surface area contributed by atoms with E-state index in [1.54, 1.807) is 6.07 Å². The fourth-order valence-electron chi connectivity index (χ4n) is 1.25. The van der Waals surface area contributed by atoms with Gasteiger partial charge in [-0.2, -0.15) is 13.2 Å². The molecular formula is C12H15ClF3N. The van der Waals surface area contributed by atoms with Gasteiger partial charge >= 0.3 is 6.18 Å². The summed E-state index contributed by atoms with van der Waals surface area (Å²) in [6.45, 7) is 4.16. The van der Waals surface area contributed by atoms with E-state index in [1.165, 1.54) is 6.07 Å². The third-order valence-electron chi connectivity index (χ3n) is 2.36. The average molecular weight is 266 g/mol. The average Bonchev–Trinajstić information content (AvgIpc) is 2.26. The minimum atomic E-state index is -4.29. The van der Waals surface area contributed by atoms with Crippen LogP contribution in [0.3, 0.4) is 0 Å². The van der Waals surface area contributed by atoms with Crippen LogP contribution in [-0.4, -0.2) is 11.4 Å². The Morgan fingerprint density at radius 1 is 1.24 bits per heavy atom. The van der Waals surface area contributed by atoms with Gasteiger partial charge in [0.2, 0.25) is 0 Å². The van der Waals surface area contributed by atoms with Crippen molar-refractivity contribution in [3.8, 4) is 0 Å². The van der Waals surface area contributed by atoms with Gasteiger partial charge in [-0.3, -0.25) is 0 Å². The second kappa shape index (κ2) is 5.27. The number of nitrogens with one attached hydrogen (secondary N) is 1. The van der Waals surface area contributed by atoms with E-state index in [0.717, 1.165) is 12.1 Å². The Balaban J connectivity index is 2.74. The molecule has 0 atom stereocenters. The summed E-state index contributed by atoms with van der Waals surface area (Å²) in [7, 11) is 0. The Morgan fingerprint density at radius 2 is 1.88 bits per heavy atom. The Bertz CT molecular complexity index is 374. The molecule has 0 saturated carbocycles. The third-order valence-corrected chi connectivity index (χ3v) is 3.03. The molecule has 1 rings (SSSR count). The van der Waals surface area contributed by atoms with Gasteiger partial charge in [0.25, 0.3) is 0 Å². The molecule has 0 aliphatic rings. The van der Waals surface area contributed by atoms with Crippen LogP contribution in [0.2, 0.25) is 0 Å². The molecule has 1 N–H and O–H groups in total. The van der Waals surface area contributed by atoms with Crippen LogP contribution in [0, 0.1) is 0 Å². The van der Waals surface area contributed by atoms with Gasteiger partial charge in [-0.05, 0) is 25.5 Å². The van der Waals surface area contributed by atoms with Gasteiger partial charge in [0, 0.05) is 18.0 Å². The predicted octanol–water partition coefficient (Wildman–Crippen LogP) is 3.81. The number of hydrogen-bond donors (Lipinski definition) is 1. The molecule has 0 saturated heterocycles. The second-order valence-electron chi connectivity index (χ2n) is 4.57. The molecule has 0 aliphatic heterocycles. The first-order chi connectivity index (χ1) is 7.74. The number of rotatable bonds is 4. The van der Waals surface area contributed by atoms with Gasteiger partial charge in [0.15, 0.2) is 0 Å². The van der Waals surface area contributed by atoms with Crippen molar-refractivity contribution in [2.75, 3.05) is 5.88 Å². The monoisotopic (exact) mass is 265 g/mol. The van der Waals surface area contributed by atoms with Crippen molar-refractivity contribution in [3.05, 3.63) is 35.4 Å². The second-order valence-corrected chi connectivity index (χ2v) is 4.84. The van der Waals surface area contributed by atoms with Gasteiger partial charge in [-0.25, -0.2) is 0 Å². The van der Waals surface area contributed by atoms with E-state index in [2.05, 4.69) is 5.32 Å². The topological polar surface area (TPSA) is 12.0 Å². The maximum absolute atomic E-state index is 12.5. The highest BCUT2D eigenvalue weighted by Gasteiger charge is 2.30. The van der Waals surface area contributed by atoms with E-state index in [4.69, 9.17) is 11.6 Å². The maximum Gasteiger partial charge on any atom is 0.416 e. The Labute approximate surface area is 104 Å². The van der Waals surface area contributed by atoms with Crippen molar-refractivity contribution >= 4 is 11.6 Å². The third kappa shape index (κ3) is 4.56. The van der Waals surface area contributed by atoms with Crippen molar-refractivity contribution in [1.29, 1.82) is 0 Å². The van der Waals surface area contributed by atoms with Gasteiger partial charge < -0.3 is 5.32 Å². The molecule has 0 radical (unpaired) electrons. The van der Waals surface area contributed by atoms with Crippen molar-refractivity contribution < 1.29 is 13.2 Å². The van der Waals surface area contributed by atoms with Crippen LogP contribution < -0.4 is 5.32 Å². The largest absolute Gasteiger partial charge is 0.416 e. The molecule has 0 unspecified atom stereocenters. The van der Waals surface area contributed by atoms with Crippen molar-refractivity contribution in [2.24, 2.45) is 0 Å². The predicted molar refractivity (Wildman–Crippen MR) is 63.1 cm³/mol. The number of hydrogen-bond acceptors (Lipinski definition) is 1. The summed E-state index contributed by atoms with van der Waals surface area (Å²) in [6.07, 6.45) is -4.29. The van der Waals surface area contributed by atoms with E-state index in [-0.39, 0.29) is 5.54 Å². The van der Waals surface area contributed by atoms with Crippen molar-refractivity contribution in [2.45, 2.75) is 32.1 Å². The summed E-state index contributed by atoms with van der Waals surface area (Å²) >= 11 is 5.72. The van der Waals surface area contributed by atoms with Crippen molar-refractivity contribution in [1.82, 2.24) is 5.32 Å². The first kappa shape index (κ1) is 14.3. The van der Waals surface area contributed by atoms with Crippen LogP contribution >= 0.6 is 11.6 Å². The molecule has 1 aromatic carbocycles. The molecule has 17 heavy (non-hydrogen) atoms. The zero-order valence-corrected chi connectivity index (χ0v) is 10.5. The molecular weight excluding hydrogens is 251 g/mol. The number of alkyl halides is 4. The molecule has 0 heterocycles. The SMILES string of the molecule is CC(C)(CCl)NCc1cccc(C(F)(F)F)c1. The van der Waals surface area contributed by atoms with E-state index in [0.29, 0.717) is 18.0 Å². The minimum absolute atomic E-state index is 0.296. The maximum atomic E-state index is 12.5. The van der Waals surface area contributed by atoms with E-state index < -0.39 is 11.7 Å². The highest BCUT2D eigenvalue weighted by Crippen LogP contribution is 2.29. The summed E-state index contributed by atoms with van der Waals surface area (Å²) in [5, 5.41) is 3.10. The van der Waals surface area contributed by atoms with Crippen LogP contribution in [0.4, 0.5) is 13.2 Å². The quantitative estimate of drug-likeness (QED) is 0.817. The first-order valence-electron chi connectivity index (χ1n) is 5.22. The van der Waals surface area contributed by atoms with Crippen molar-refractivity contribution in [3.63, 3.8) is 0 Å². The Morgan fingerprint density at radius 3 is 2.41 bits per heavy atom. The highest BCUT2D eigenvalue weighted by atomic mass is 35.5. The summed E-state index contributed by atoms with van der Waals surface area (Å²) in [5.41, 5.74) is -0.325.